The smallest absolute Gasteiger partial charge is 0.137 e. The molecule has 0 bridgehead atoms. The van der Waals surface area contributed by atoms with Crippen LogP contribution >= 0.6 is 0 Å². The van der Waals surface area contributed by atoms with Gasteiger partial charge in [-0.25, -0.2) is 0 Å². The molecule has 1 fully saturated rings. The summed E-state index contributed by atoms with van der Waals surface area (Å²) >= 11 is 0. The maximum Gasteiger partial charge on any atom is 0.137 e. The Hall–Kier alpha value is -1.56. The molecule has 0 saturated carbocycles. The van der Waals surface area contributed by atoms with Crippen molar-refractivity contribution in [2.75, 3.05) is 31.6 Å². The van der Waals surface area contributed by atoms with Crippen LogP contribution in [0.2, 0.25) is 0 Å². The average Bonchev–Trinajstić information content (AvgIpc) is 2.72. The second-order valence-electron chi connectivity index (χ2n) is 5.60. The van der Waals surface area contributed by atoms with Gasteiger partial charge in [-0.1, -0.05) is 6.92 Å². The van der Waals surface area contributed by atoms with Crippen molar-refractivity contribution in [1.82, 2.24) is 14.7 Å². The predicted octanol–water partition coefficient (Wildman–Crippen LogP) is 0.933. The molecule has 1 aliphatic heterocycles. The number of piperidine rings is 1. The molecule has 1 aromatic heterocycles. The van der Waals surface area contributed by atoms with E-state index in [1.807, 2.05) is 18.7 Å². The largest absolute Gasteiger partial charge is 0.384 e. The van der Waals surface area contributed by atoms with Gasteiger partial charge in [0.1, 0.15) is 11.7 Å². The number of nitrogens with one attached hydrogen (secondary N) is 1. The second kappa shape index (κ2) is 5.83. The topological polar surface area (TPSA) is 74.2 Å². The van der Waals surface area contributed by atoms with Crippen LogP contribution in [0.4, 0.5) is 5.82 Å². The molecule has 0 radical (unpaired) electrons. The van der Waals surface area contributed by atoms with Gasteiger partial charge in [0, 0.05) is 33.2 Å². The fourth-order valence-electron chi connectivity index (χ4n) is 3.16. The molecule has 0 aliphatic carbocycles. The van der Waals surface area contributed by atoms with Crippen molar-refractivity contribution in [3.8, 4) is 0 Å². The Morgan fingerprint density at radius 3 is 2.55 bits per heavy atom. The van der Waals surface area contributed by atoms with Gasteiger partial charge in [-0.3, -0.25) is 10.1 Å². The van der Waals surface area contributed by atoms with Gasteiger partial charge < -0.3 is 15.5 Å². The Balaban J connectivity index is 2.21. The zero-order valence-corrected chi connectivity index (χ0v) is 13.0. The van der Waals surface area contributed by atoms with Gasteiger partial charge >= 0.3 is 0 Å². The number of nitrogens with two attached hydrogens (primary N) is 1. The minimum atomic E-state index is 0.100. The van der Waals surface area contributed by atoms with Gasteiger partial charge in [-0.2, -0.15) is 5.10 Å². The molecule has 1 aliphatic rings. The zero-order chi connectivity index (χ0) is 14.9. The standard InChI is InChI=1S/C14H26N6/c1-5-20-8-6-11(7-9-20)18(3)14-12(13(15)16)10(2)17-19(14)4/h11H,5-9H2,1-4H3,(H3,15,16). The molecule has 3 N–H and O–H groups in total. The lowest BCUT2D eigenvalue weighted by Crippen LogP contribution is -2.44. The van der Waals surface area contributed by atoms with Crippen molar-refractivity contribution in [1.29, 1.82) is 5.41 Å². The lowest BCUT2D eigenvalue weighted by Gasteiger charge is -2.37. The molecule has 20 heavy (non-hydrogen) atoms. The lowest BCUT2D eigenvalue weighted by atomic mass is 10.0. The first-order valence-corrected chi connectivity index (χ1v) is 7.28. The number of hydrogen-bond donors (Lipinski definition) is 2. The second-order valence-corrected chi connectivity index (χ2v) is 5.60. The molecular formula is C14H26N6. The molecule has 1 saturated heterocycles. The van der Waals surface area contributed by atoms with Crippen LogP contribution in [0.3, 0.4) is 0 Å². The number of aromatic nitrogens is 2. The number of aryl methyl sites for hydroxylation is 2. The van der Waals surface area contributed by atoms with Crippen molar-refractivity contribution >= 4 is 11.7 Å². The van der Waals surface area contributed by atoms with E-state index in [1.165, 1.54) is 0 Å². The van der Waals surface area contributed by atoms with E-state index in [-0.39, 0.29) is 5.84 Å². The SMILES string of the molecule is CCN1CCC(N(C)c2c(C(=N)N)c(C)nn2C)CC1. The van der Waals surface area contributed by atoms with Gasteiger partial charge in [0.2, 0.25) is 0 Å². The number of amidine groups is 1. The van der Waals surface area contributed by atoms with Gasteiger partial charge in [0.05, 0.1) is 11.3 Å². The molecule has 0 amide bonds. The highest BCUT2D eigenvalue weighted by molar-refractivity contribution is 6.00. The summed E-state index contributed by atoms with van der Waals surface area (Å²) in [5, 5.41) is 12.2. The summed E-state index contributed by atoms with van der Waals surface area (Å²) in [5.41, 5.74) is 7.33. The molecule has 0 unspecified atom stereocenters. The van der Waals surface area contributed by atoms with Crippen LogP contribution in [0, 0.1) is 12.3 Å². The van der Waals surface area contributed by atoms with Gasteiger partial charge in [0.15, 0.2) is 0 Å². The van der Waals surface area contributed by atoms with Crippen LogP contribution in [-0.2, 0) is 7.05 Å². The summed E-state index contributed by atoms with van der Waals surface area (Å²) in [7, 11) is 4.02. The Morgan fingerprint density at radius 1 is 1.45 bits per heavy atom. The minimum Gasteiger partial charge on any atom is -0.384 e. The van der Waals surface area contributed by atoms with Crippen molar-refractivity contribution in [3.63, 3.8) is 0 Å². The van der Waals surface area contributed by atoms with Gasteiger partial charge in [0.25, 0.3) is 0 Å². The molecule has 6 heteroatoms. The van der Waals surface area contributed by atoms with Crippen LogP contribution in [-0.4, -0.2) is 53.2 Å². The molecule has 6 nitrogen and oxygen atoms in total. The van der Waals surface area contributed by atoms with Crippen LogP contribution in [0.1, 0.15) is 31.0 Å². The van der Waals surface area contributed by atoms with Crippen molar-refractivity contribution in [2.24, 2.45) is 12.8 Å². The first kappa shape index (κ1) is 14.8. The molecule has 1 aromatic rings. The number of nitrogen functional groups attached to an aromatic ring is 1. The Kier molecular flexibility index (Phi) is 4.32. The third-order valence-electron chi connectivity index (χ3n) is 4.35. The van der Waals surface area contributed by atoms with Gasteiger partial charge in [-0.05, 0) is 26.3 Å². The molecule has 2 rings (SSSR count). The number of nitrogens with zero attached hydrogens (tertiary/aromatic N) is 4. The Morgan fingerprint density at radius 2 is 2.05 bits per heavy atom. The summed E-state index contributed by atoms with van der Waals surface area (Å²) in [6.45, 7) is 7.52. The highest BCUT2D eigenvalue weighted by Crippen LogP contribution is 2.26. The zero-order valence-electron chi connectivity index (χ0n) is 13.0. The quantitative estimate of drug-likeness (QED) is 0.635. The number of rotatable bonds is 4. The summed E-state index contributed by atoms with van der Waals surface area (Å²) in [6, 6.07) is 0.491. The molecule has 2 heterocycles. The van der Waals surface area contributed by atoms with E-state index in [0.29, 0.717) is 6.04 Å². The first-order chi connectivity index (χ1) is 9.45. The highest BCUT2D eigenvalue weighted by Gasteiger charge is 2.27. The lowest BCUT2D eigenvalue weighted by molar-refractivity contribution is 0.220. The molecule has 0 atom stereocenters. The maximum absolute atomic E-state index is 7.79. The average molecular weight is 278 g/mol. The number of hydrogen-bond acceptors (Lipinski definition) is 4. The third kappa shape index (κ3) is 2.65. The number of anilines is 1. The molecular weight excluding hydrogens is 252 g/mol. The van der Waals surface area contributed by atoms with Crippen molar-refractivity contribution in [3.05, 3.63) is 11.3 Å². The molecule has 112 valence electrons. The van der Waals surface area contributed by atoms with E-state index in [4.69, 9.17) is 11.1 Å². The maximum atomic E-state index is 7.79. The van der Waals surface area contributed by atoms with E-state index >= 15 is 0 Å². The van der Waals surface area contributed by atoms with E-state index in [2.05, 4.69) is 28.9 Å². The van der Waals surface area contributed by atoms with Crippen molar-refractivity contribution in [2.45, 2.75) is 32.7 Å². The number of likely N-dealkylation sites (tertiary alicyclic amines) is 1. The van der Waals surface area contributed by atoms with Crippen LogP contribution in [0.5, 0.6) is 0 Å². The van der Waals surface area contributed by atoms with E-state index in [0.717, 1.165) is 49.6 Å². The first-order valence-electron chi connectivity index (χ1n) is 7.28. The highest BCUT2D eigenvalue weighted by atomic mass is 15.4. The third-order valence-corrected chi connectivity index (χ3v) is 4.35. The summed E-state index contributed by atoms with van der Waals surface area (Å²) < 4.78 is 1.85. The minimum absolute atomic E-state index is 0.100. The predicted molar refractivity (Wildman–Crippen MR) is 82.5 cm³/mol. The summed E-state index contributed by atoms with van der Waals surface area (Å²) in [5.74, 6) is 1.06. The fraction of sp³-hybridized carbons (Fsp3) is 0.714. The van der Waals surface area contributed by atoms with Crippen LogP contribution < -0.4 is 10.6 Å². The summed E-state index contributed by atoms with van der Waals surface area (Å²) in [4.78, 5) is 4.73. The van der Waals surface area contributed by atoms with Gasteiger partial charge in [-0.15, -0.1) is 0 Å². The monoisotopic (exact) mass is 278 g/mol. The van der Waals surface area contributed by atoms with Crippen LogP contribution in [0.15, 0.2) is 0 Å². The van der Waals surface area contributed by atoms with E-state index < -0.39 is 0 Å². The fourth-order valence-corrected chi connectivity index (χ4v) is 3.16. The molecule has 0 spiro atoms. The van der Waals surface area contributed by atoms with Crippen molar-refractivity contribution < 1.29 is 0 Å². The summed E-state index contributed by atoms with van der Waals surface area (Å²) in [6.07, 6.45) is 2.29. The normalized spacial score (nSPS) is 17.4. The Labute approximate surface area is 121 Å². The molecule has 0 aromatic carbocycles. The van der Waals surface area contributed by atoms with E-state index in [1.54, 1.807) is 0 Å². The Bertz CT molecular complexity index is 484. The van der Waals surface area contributed by atoms with Crippen LogP contribution in [0.25, 0.3) is 0 Å². The van der Waals surface area contributed by atoms with E-state index in [9.17, 15) is 0 Å².